The normalized spacial score (nSPS) is 10.1. The maximum absolute atomic E-state index is 5.86. The van der Waals surface area contributed by atoms with Crippen LogP contribution in [0.25, 0.3) is 0 Å². The Morgan fingerprint density at radius 3 is 2.27 bits per heavy atom. The van der Waals surface area contributed by atoms with Gasteiger partial charge in [-0.1, -0.05) is 30.1 Å². The number of hydrogen-bond acceptors (Lipinski definition) is 1. The molecule has 0 saturated carbocycles. The smallest absolute Gasteiger partial charge is 0.0639 e. The zero-order valence-electron chi connectivity index (χ0n) is 6.20. The van der Waals surface area contributed by atoms with Gasteiger partial charge in [-0.15, -0.1) is 0 Å². The molecule has 60 valence electrons. The molecule has 1 nitrogen and oxygen atoms in total. The first-order valence-corrected chi connectivity index (χ1v) is 4.14. The van der Waals surface area contributed by atoms with Gasteiger partial charge < -0.3 is 5.73 Å². The van der Waals surface area contributed by atoms with Crippen molar-refractivity contribution in [3.8, 4) is 0 Å². The molecule has 0 radical (unpaired) electrons. The first-order valence-electron chi connectivity index (χ1n) is 3.39. The second-order valence-corrected chi connectivity index (χ2v) is 3.09. The van der Waals surface area contributed by atoms with Crippen molar-refractivity contribution in [1.82, 2.24) is 0 Å². The molecule has 0 aliphatic heterocycles. The van der Waals surface area contributed by atoms with Gasteiger partial charge in [-0.2, -0.15) is 0 Å². The van der Waals surface area contributed by atoms with Crippen LogP contribution in [-0.4, -0.2) is 0 Å². The van der Waals surface area contributed by atoms with Gasteiger partial charge in [-0.05, 0) is 24.1 Å². The molecule has 0 aliphatic carbocycles. The molecule has 0 atom stereocenters. The molecular formula is C8H9Cl2N. The third-order valence-electron chi connectivity index (χ3n) is 1.60. The van der Waals surface area contributed by atoms with Crippen LogP contribution in [0.4, 0.5) is 5.69 Å². The summed E-state index contributed by atoms with van der Waals surface area (Å²) < 4.78 is 0. The minimum atomic E-state index is 0.575. The van der Waals surface area contributed by atoms with Gasteiger partial charge in [0.1, 0.15) is 0 Å². The summed E-state index contributed by atoms with van der Waals surface area (Å²) in [6.45, 7) is 1.99. The van der Waals surface area contributed by atoms with Crippen molar-refractivity contribution in [3.05, 3.63) is 27.7 Å². The third kappa shape index (κ3) is 1.60. The minimum Gasteiger partial charge on any atom is -0.397 e. The van der Waals surface area contributed by atoms with Crippen molar-refractivity contribution in [1.29, 1.82) is 0 Å². The van der Waals surface area contributed by atoms with E-state index in [0.29, 0.717) is 15.7 Å². The van der Waals surface area contributed by atoms with Gasteiger partial charge in [0, 0.05) is 5.02 Å². The van der Waals surface area contributed by atoms with Crippen LogP contribution in [0.5, 0.6) is 0 Å². The zero-order chi connectivity index (χ0) is 8.43. The predicted molar refractivity (Wildman–Crippen MR) is 50.3 cm³/mol. The summed E-state index contributed by atoms with van der Waals surface area (Å²) in [6, 6.07) is 3.47. The lowest BCUT2D eigenvalue weighted by atomic mass is 10.1. The number of nitrogens with two attached hydrogens (primary N) is 1. The summed E-state index contributed by atoms with van der Waals surface area (Å²) in [5.41, 5.74) is 7.21. The van der Waals surface area contributed by atoms with Gasteiger partial charge in [0.2, 0.25) is 0 Å². The molecule has 0 saturated heterocycles. The van der Waals surface area contributed by atoms with E-state index < -0.39 is 0 Å². The van der Waals surface area contributed by atoms with Crippen LogP contribution in [0.2, 0.25) is 10.0 Å². The SMILES string of the molecule is CCc1c(Cl)ccc(Cl)c1N. The summed E-state index contributed by atoms with van der Waals surface area (Å²) in [7, 11) is 0. The molecule has 0 aromatic heterocycles. The molecule has 0 bridgehead atoms. The van der Waals surface area contributed by atoms with Crippen molar-refractivity contribution >= 4 is 28.9 Å². The Morgan fingerprint density at radius 1 is 1.27 bits per heavy atom. The third-order valence-corrected chi connectivity index (χ3v) is 2.28. The largest absolute Gasteiger partial charge is 0.397 e. The number of halogens is 2. The summed E-state index contributed by atoms with van der Waals surface area (Å²) in [5, 5.41) is 1.26. The van der Waals surface area contributed by atoms with Gasteiger partial charge in [0.05, 0.1) is 10.7 Å². The molecule has 0 heterocycles. The lowest BCUT2D eigenvalue weighted by molar-refractivity contribution is 1.14. The van der Waals surface area contributed by atoms with E-state index in [1.165, 1.54) is 0 Å². The average molecular weight is 190 g/mol. The van der Waals surface area contributed by atoms with Crippen molar-refractivity contribution in [2.24, 2.45) is 0 Å². The summed E-state index contributed by atoms with van der Waals surface area (Å²) >= 11 is 11.6. The zero-order valence-corrected chi connectivity index (χ0v) is 7.71. The molecule has 3 heteroatoms. The summed E-state index contributed by atoms with van der Waals surface area (Å²) in [6.07, 6.45) is 0.811. The molecule has 0 fully saturated rings. The first kappa shape index (κ1) is 8.69. The summed E-state index contributed by atoms with van der Waals surface area (Å²) in [4.78, 5) is 0. The topological polar surface area (TPSA) is 26.0 Å². The highest BCUT2D eigenvalue weighted by Crippen LogP contribution is 2.29. The van der Waals surface area contributed by atoms with Crippen LogP contribution in [-0.2, 0) is 6.42 Å². The van der Waals surface area contributed by atoms with Crippen LogP contribution in [0.3, 0.4) is 0 Å². The fourth-order valence-electron chi connectivity index (χ4n) is 0.969. The van der Waals surface area contributed by atoms with Crippen molar-refractivity contribution in [2.75, 3.05) is 5.73 Å². The molecule has 2 N–H and O–H groups in total. The Morgan fingerprint density at radius 2 is 1.82 bits per heavy atom. The maximum Gasteiger partial charge on any atom is 0.0639 e. The van der Waals surface area contributed by atoms with Gasteiger partial charge in [0.15, 0.2) is 0 Å². The van der Waals surface area contributed by atoms with Crippen LogP contribution in [0.1, 0.15) is 12.5 Å². The van der Waals surface area contributed by atoms with Crippen molar-refractivity contribution in [3.63, 3.8) is 0 Å². The number of anilines is 1. The lowest BCUT2D eigenvalue weighted by Crippen LogP contribution is -1.94. The number of benzene rings is 1. The van der Waals surface area contributed by atoms with E-state index >= 15 is 0 Å². The Hall–Kier alpha value is -0.400. The Balaban J connectivity index is 3.29. The highest BCUT2D eigenvalue weighted by Gasteiger charge is 2.05. The highest BCUT2D eigenvalue weighted by molar-refractivity contribution is 6.35. The van der Waals surface area contributed by atoms with Gasteiger partial charge in [-0.25, -0.2) is 0 Å². The molecule has 0 spiro atoms. The van der Waals surface area contributed by atoms with Gasteiger partial charge in [-0.3, -0.25) is 0 Å². The Kier molecular flexibility index (Phi) is 2.63. The quantitative estimate of drug-likeness (QED) is 0.676. The van der Waals surface area contributed by atoms with E-state index in [9.17, 15) is 0 Å². The maximum atomic E-state index is 5.86. The van der Waals surface area contributed by atoms with E-state index in [1.54, 1.807) is 12.1 Å². The van der Waals surface area contributed by atoms with E-state index in [2.05, 4.69) is 0 Å². The van der Waals surface area contributed by atoms with E-state index in [-0.39, 0.29) is 0 Å². The summed E-state index contributed by atoms with van der Waals surface area (Å²) in [5.74, 6) is 0. The monoisotopic (exact) mass is 189 g/mol. The van der Waals surface area contributed by atoms with Gasteiger partial charge in [0.25, 0.3) is 0 Å². The predicted octanol–water partition coefficient (Wildman–Crippen LogP) is 3.14. The molecule has 0 unspecified atom stereocenters. The first-order chi connectivity index (χ1) is 5.16. The molecule has 1 aromatic rings. The fourth-order valence-corrected chi connectivity index (χ4v) is 1.44. The van der Waals surface area contributed by atoms with E-state index in [4.69, 9.17) is 28.9 Å². The standard InChI is InChI=1S/C8H9Cl2N/c1-2-5-6(9)3-4-7(10)8(5)11/h3-4H,2,11H2,1H3. The Labute approximate surface area is 76.1 Å². The number of hydrogen-bond donors (Lipinski definition) is 1. The lowest BCUT2D eigenvalue weighted by Gasteiger charge is -2.06. The van der Waals surface area contributed by atoms with Crippen molar-refractivity contribution in [2.45, 2.75) is 13.3 Å². The number of nitrogen functional groups attached to an aromatic ring is 1. The van der Waals surface area contributed by atoms with E-state index in [1.807, 2.05) is 6.92 Å². The second kappa shape index (κ2) is 3.33. The van der Waals surface area contributed by atoms with Crippen LogP contribution in [0, 0.1) is 0 Å². The molecular weight excluding hydrogens is 181 g/mol. The van der Waals surface area contributed by atoms with Crippen LogP contribution < -0.4 is 5.73 Å². The van der Waals surface area contributed by atoms with Crippen LogP contribution >= 0.6 is 23.2 Å². The molecule has 0 amide bonds. The Bertz CT molecular complexity index is 271. The van der Waals surface area contributed by atoms with E-state index in [0.717, 1.165) is 12.0 Å². The fraction of sp³-hybridized carbons (Fsp3) is 0.250. The minimum absolute atomic E-state index is 0.575. The van der Waals surface area contributed by atoms with Gasteiger partial charge >= 0.3 is 0 Å². The molecule has 1 rings (SSSR count). The highest BCUT2D eigenvalue weighted by atomic mass is 35.5. The molecule has 11 heavy (non-hydrogen) atoms. The average Bonchev–Trinajstić information content (AvgIpc) is 1.99. The van der Waals surface area contributed by atoms with Crippen molar-refractivity contribution < 1.29 is 0 Å². The number of rotatable bonds is 1. The molecule has 1 aromatic carbocycles. The van der Waals surface area contributed by atoms with Crippen LogP contribution in [0.15, 0.2) is 12.1 Å². The molecule has 0 aliphatic rings. The second-order valence-electron chi connectivity index (χ2n) is 2.27.